The van der Waals surface area contributed by atoms with Crippen molar-refractivity contribution < 1.29 is 19.3 Å². The molecule has 2 heterocycles. The highest BCUT2D eigenvalue weighted by atomic mass is 79.9. The van der Waals surface area contributed by atoms with Crippen LogP contribution < -0.4 is 16.9 Å². The molecule has 0 fully saturated rings. The number of halogens is 1. The fraction of sp³-hybridized carbons (Fsp3) is 0.143. The van der Waals surface area contributed by atoms with Gasteiger partial charge in [-0.15, -0.1) is 17.0 Å². The van der Waals surface area contributed by atoms with Crippen molar-refractivity contribution in [3.63, 3.8) is 0 Å². The van der Waals surface area contributed by atoms with Gasteiger partial charge in [-0.1, -0.05) is 0 Å². The minimum absolute atomic E-state index is 0. The molecule has 12 nitrogen and oxygen atoms in total. The van der Waals surface area contributed by atoms with E-state index in [-0.39, 0.29) is 51.5 Å². The molecule has 0 saturated carbocycles. The zero-order chi connectivity index (χ0) is 19.9. The molecule has 0 spiro atoms. The van der Waals surface area contributed by atoms with Crippen molar-refractivity contribution in [2.75, 3.05) is 0 Å². The average Bonchev–Trinajstić information content (AvgIpc) is 3.02. The van der Waals surface area contributed by atoms with Gasteiger partial charge in [0.1, 0.15) is 5.78 Å². The third-order valence-corrected chi connectivity index (χ3v) is 4.97. The van der Waals surface area contributed by atoms with Gasteiger partial charge in [0, 0.05) is 36.1 Å². The molecule has 1 aromatic carbocycles. The van der Waals surface area contributed by atoms with Crippen LogP contribution in [0.3, 0.4) is 0 Å². The summed E-state index contributed by atoms with van der Waals surface area (Å²) in [5.41, 5.74) is 3.96. The number of nitrogens with one attached hydrogen (secondary N) is 2. The number of aromatic nitrogens is 3. The van der Waals surface area contributed by atoms with Crippen LogP contribution in [0.1, 0.15) is 17.0 Å². The lowest BCUT2D eigenvalue weighted by molar-refractivity contribution is -0.384. The van der Waals surface area contributed by atoms with E-state index in [0.717, 1.165) is 6.07 Å². The standard InChI is InChI=1S/C14H14N5O7P.BrH/c15-12(27(24,25)26)10-2-1-3-18(10)6-7-4-8(19(22)23)5-9-11(7)17-14(21)13(20)16-9;/h1-5,12H,6,15H2,(H,16,20)(H,17,21)(H2,24,25,26);1H. The van der Waals surface area contributed by atoms with Gasteiger partial charge in [0.2, 0.25) is 0 Å². The first-order valence-electron chi connectivity index (χ1n) is 7.47. The van der Waals surface area contributed by atoms with E-state index in [4.69, 9.17) is 5.73 Å². The zero-order valence-corrected chi connectivity index (χ0v) is 16.5. The zero-order valence-electron chi connectivity index (χ0n) is 13.9. The molecule has 2 aromatic heterocycles. The molecule has 0 aliphatic rings. The highest BCUT2D eigenvalue weighted by molar-refractivity contribution is 8.93. The van der Waals surface area contributed by atoms with Crippen molar-refractivity contribution >= 4 is 41.3 Å². The second-order valence-corrected chi connectivity index (χ2v) is 7.52. The number of nitrogens with zero attached hydrogens (tertiary/aromatic N) is 2. The Labute approximate surface area is 166 Å². The predicted molar refractivity (Wildman–Crippen MR) is 105 cm³/mol. The summed E-state index contributed by atoms with van der Waals surface area (Å²) >= 11 is 0. The molecular weight excluding hydrogens is 461 g/mol. The number of aromatic amines is 2. The van der Waals surface area contributed by atoms with E-state index in [1.165, 1.54) is 29.0 Å². The number of H-pyrrole nitrogens is 2. The Morgan fingerprint density at radius 3 is 2.50 bits per heavy atom. The number of hydrogen-bond acceptors (Lipinski definition) is 6. The molecule has 1 unspecified atom stereocenters. The summed E-state index contributed by atoms with van der Waals surface area (Å²) < 4.78 is 12.8. The van der Waals surface area contributed by atoms with Crippen molar-refractivity contribution in [1.82, 2.24) is 14.5 Å². The average molecular weight is 476 g/mol. The summed E-state index contributed by atoms with van der Waals surface area (Å²) in [7, 11) is -4.62. The Morgan fingerprint density at radius 2 is 1.89 bits per heavy atom. The van der Waals surface area contributed by atoms with Crippen LogP contribution in [0.4, 0.5) is 5.69 Å². The van der Waals surface area contributed by atoms with E-state index >= 15 is 0 Å². The normalized spacial score (nSPS) is 12.5. The van der Waals surface area contributed by atoms with E-state index in [0.29, 0.717) is 0 Å². The lowest BCUT2D eigenvalue weighted by atomic mass is 10.1. The number of nitro benzene ring substituents is 1. The molecule has 0 aliphatic heterocycles. The Morgan fingerprint density at radius 1 is 1.25 bits per heavy atom. The fourth-order valence-electron chi connectivity index (χ4n) is 2.71. The molecule has 150 valence electrons. The molecule has 0 radical (unpaired) electrons. The molecule has 14 heteroatoms. The summed E-state index contributed by atoms with van der Waals surface area (Å²) in [5, 5.41) is 11.2. The predicted octanol–water partition coefficient (Wildman–Crippen LogP) is 0.687. The van der Waals surface area contributed by atoms with Gasteiger partial charge in [0.25, 0.3) is 5.69 Å². The first kappa shape index (κ1) is 21.7. The van der Waals surface area contributed by atoms with Crippen LogP contribution in [0.2, 0.25) is 0 Å². The molecule has 0 saturated heterocycles. The smallest absolute Gasteiger partial charge is 0.345 e. The second-order valence-electron chi connectivity index (χ2n) is 5.79. The van der Waals surface area contributed by atoms with Crippen LogP contribution in [0, 0.1) is 10.1 Å². The maximum atomic E-state index is 11.7. The minimum atomic E-state index is -4.62. The van der Waals surface area contributed by atoms with Crippen LogP contribution in [0.15, 0.2) is 40.1 Å². The van der Waals surface area contributed by atoms with Gasteiger partial charge in [0.15, 0.2) is 0 Å². The van der Waals surface area contributed by atoms with Gasteiger partial charge in [0.05, 0.1) is 16.0 Å². The molecule has 0 aliphatic carbocycles. The van der Waals surface area contributed by atoms with E-state index in [1.54, 1.807) is 0 Å². The quantitative estimate of drug-likeness (QED) is 0.153. The number of rotatable bonds is 5. The number of nitro groups is 1. The summed E-state index contributed by atoms with van der Waals surface area (Å²) in [4.78, 5) is 56.9. The van der Waals surface area contributed by atoms with Gasteiger partial charge in [-0.3, -0.25) is 24.3 Å². The summed E-state index contributed by atoms with van der Waals surface area (Å²) in [6.07, 6.45) is 1.49. The SMILES string of the molecule is Br.NC(c1cccn1Cc1cc([N+](=O)[O-])cc2[nH]c(=O)c(=O)[nH]c12)P(=O)(O)O. The van der Waals surface area contributed by atoms with Crippen LogP contribution in [0.25, 0.3) is 11.0 Å². The topological polar surface area (TPSA) is 197 Å². The molecule has 6 N–H and O–H groups in total. The highest BCUT2D eigenvalue weighted by Crippen LogP contribution is 2.48. The van der Waals surface area contributed by atoms with Crippen molar-refractivity contribution in [3.05, 3.63) is 72.5 Å². The van der Waals surface area contributed by atoms with Crippen molar-refractivity contribution in [1.29, 1.82) is 0 Å². The van der Waals surface area contributed by atoms with Crippen LogP contribution in [0.5, 0.6) is 0 Å². The van der Waals surface area contributed by atoms with E-state index in [2.05, 4.69) is 9.97 Å². The minimum Gasteiger partial charge on any atom is -0.345 e. The third kappa shape index (κ3) is 4.13. The van der Waals surface area contributed by atoms with Gasteiger partial charge in [-0.05, 0) is 12.1 Å². The Kier molecular flexibility index (Phi) is 6.06. The van der Waals surface area contributed by atoms with Crippen molar-refractivity contribution in [2.24, 2.45) is 5.73 Å². The molecule has 1 atom stereocenters. The van der Waals surface area contributed by atoms with Crippen molar-refractivity contribution in [2.45, 2.75) is 12.3 Å². The van der Waals surface area contributed by atoms with Crippen LogP contribution in [-0.2, 0) is 11.1 Å². The van der Waals surface area contributed by atoms with Crippen molar-refractivity contribution in [3.8, 4) is 0 Å². The van der Waals surface area contributed by atoms with Gasteiger partial charge >= 0.3 is 18.7 Å². The first-order chi connectivity index (χ1) is 12.6. The molecule has 0 amide bonds. The van der Waals surface area contributed by atoms with E-state index in [9.17, 15) is 34.1 Å². The molecular formula is C14H15BrN5O7P. The Hall–Kier alpha value is -2.57. The molecule has 28 heavy (non-hydrogen) atoms. The molecule has 0 bridgehead atoms. The molecule has 3 aromatic rings. The number of non-ortho nitro benzene ring substituents is 1. The maximum Gasteiger partial charge on any atom is 0.348 e. The Bertz CT molecular complexity index is 1210. The van der Waals surface area contributed by atoms with E-state index < -0.39 is 29.4 Å². The van der Waals surface area contributed by atoms with Gasteiger partial charge in [-0.2, -0.15) is 0 Å². The number of hydrogen-bond donors (Lipinski definition) is 5. The number of benzene rings is 1. The number of nitrogens with two attached hydrogens (primary N) is 1. The molecule has 3 rings (SSSR count). The van der Waals surface area contributed by atoms with E-state index in [1.807, 2.05) is 0 Å². The highest BCUT2D eigenvalue weighted by Gasteiger charge is 2.29. The first-order valence-corrected chi connectivity index (χ1v) is 9.15. The maximum absolute atomic E-state index is 11.7. The summed E-state index contributed by atoms with van der Waals surface area (Å²) in [6, 6.07) is 5.22. The lowest BCUT2D eigenvalue weighted by Crippen LogP contribution is -2.29. The largest absolute Gasteiger partial charge is 0.348 e. The lowest BCUT2D eigenvalue weighted by Gasteiger charge is -2.17. The number of fused-ring (bicyclic) bond motifs is 1. The second kappa shape index (κ2) is 7.81. The van der Waals surface area contributed by atoms with Gasteiger partial charge in [-0.25, -0.2) is 0 Å². The van der Waals surface area contributed by atoms with Gasteiger partial charge < -0.3 is 30.1 Å². The third-order valence-electron chi connectivity index (χ3n) is 3.98. The summed E-state index contributed by atoms with van der Waals surface area (Å²) in [5.74, 6) is -1.59. The monoisotopic (exact) mass is 475 g/mol. The Balaban J connectivity index is 0.00000280. The fourth-order valence-corrected chi connectivity index (χ4v) is 3.29. The summed E-state index contributed by atoms with van der Waals surface area (Å²) in [6.45, 7) is -0.0871. The van der Waals surface area contributed by atoms with Crippen LogP contribution in [-0.4, -0.2) is 29.2 Å². The van der Waals surface area contributed by atoms with Crippen LogP contribution >= 0.6 is 24.6 Å².